The zero-order valence-corrected chi connectivity index (χ0v) is 20.5. The van der Waals surface area contributed by atoms with E-state index in [2.05, 4.69) is 12.2 Å². The number of rotatable bonds is 8. The van der Waals surface area contributed by atoms with Gasteiger partial charge in [-0.1, -0.05) is 42.4 Å². The number of nitrogens with one attached hydrogen (secondary N) is 1. The van der Waals surface area contributed by atoms with Crippen molar-refractivity contribution in [3.8, 4) is 0 Å². The second-order valence-electron chi connectivity index (χ2n) is 7.81. The van der Waals surface area contributed by atoms with Gasteiger partial charge in [-0.05, 0) is 49.4 Å². The molecule has 2 aromatic heterocycles. The highest BCUT2D eigenvalue weighted by molar-refractivity contribution is 7.99. The number of thioether (sulfide) groups is 1. The molecule has 1 aliphatic heterocycles. The van der Waals surface area contributed by atoms with Gasteiger partial charge < -0.3 is 10.1 Å². The van der Waals surface area contributed by atoms with Crippen molar-refractivity contribution in [2.45, 2.75) is 57.5 Å². The lowest BCUT2D eigenvalue weighted by molar-refractivity contribution is -0.118. The summed E-state index contributed by atoms with van der Waals surface area (Å²) < 4.78 is 7.49. The monoisotopic (exact) mass is 491 g/mol. The lowest BCUT2D eigenvalue weighted by Crippen LogP contribution is -2.30. The molecule has 1 N–H and O–H groups in total. The number of thiophene rings is 1. The van der Waals surface area contributed by atoms with Gasteiger partial charge in [-0.3, -0.25) is 14.2 Å². The number of fused-ring (bicyclic) bond motifs is 1. The van der Waals surface area contributed by atoms with Crippen molar-refractivity contribution in [3.05, 3.63) is 55.6 Å². The molecule has 0 aliphatic carbocycles. The first kappa shape index (κ1) is 23.3. The summed E-state index contributed by atoms with van der Waals surface area (Å²) in [5.41, 5.74) is 2.01. The SMILES string of the molecule is CCc1c(C)sc2nc(SCC(=O)NCc3ccc(Cl)cc3)n(CC3CCCO3)c(=O)c12. The first-order valence-electron chi connectivity index (χ1n) is 10.7. The minimum atomic E-state index is -0.112. The lowest BCUT2D eigenvalue weighted by atomic mass is 10.1. The fourth-order valence-electron chi connectivity index (χ4n) is 3.90. The van der Waals surface area contributed by atoms with Crippen LogP contribution in [0.2, 0.25) is 5.02 Å². The van der Waals surface area contributed by atoms with Gasteiger partial charge in [-0.2, -0.15) is 0 Å². The summed E-state index contributed by atoms with van der Waals surface area (Å²) in [6.45, 7) is 5.71. The molecular weight excluding hydrogens is 466 g/mol. The summed E-state index contributed by atoms with van der Waals surface area (Å²) in [6, 6.07) is 7.37. The van der Waals surface area contributed by atoms with Crippen LogP contribution in [0.5, 0.6) is 0 Å². The number of halogens is 1. The van der Waals surface area contributed by atoms with Crippen LogP contribution in [0, 0.1) is 6.92 Å². The molecule has 4 rings (SSSR count). The predicted molar refractivity (Wildman–Crippen MR) is 131 cm³/mol. The van der Waals surface area contributed by atoms with Crippen molar-refractivity contribution in [3.63, 3.8) is 0 Å². The van der Waals surface area contributed by atoms with Crippen LogP contribution >= 0.6 is 34.7 Å². The molecule has 1 saturated heterocycles. The molecule has 9 heteroatoms. The van der Waals surface area contributed by atoms with E-state index in [1.807, 2.05) is 19.1 Å². The summed E-state index contributed by atoms with van der Waals surface area (Å²) in [6.07, 6.45) is 2.74. The van der Waals surface area contributed by atoms with Crippen molar-refractivity contribution >= 4 is 50.8 Å². The topological polar surface area (TPSA) is 73.2 Å². The standard InChI is InChI=1S/C23H26ClN3O3S2/c1-3-18-14(2)32-21-20(18)22(29)27(12-17-5-4-10-30-17)23(26-21)31-13-19(28)25-11-15-6-8-16(24)9-7-15/h6-9,17H,3-5,10-13H2,1-2H3,(H,25,28). The first-order valence-corrected chi connectivity index (χ1v) is 12.9. The zero-order chi connectivity index (χ0) is 22.7. The van der Waals surface area contributed by atoms with Gasteiger partial charge >= 0.3 is 0 Å². The minimum Gasteiger partial charge on any atom is -0.376 e. The first-order chi connectivity index (χ1) is 15.5. The predicted octanol–water partition coefficient (Wildman–Crippen LogP) is 4.57. The third kappa shape index (κ3) is 5.20. The Labute approximate surface area is 200 Å². The molecule has 1 fully saturated rings. The highest BCUT2D eigenvalue weighted by Crippen LogP contribution is 2.30. The summed E-state index contributed by atoms with van der Waals surface area (Å²) in [5.74, 6) is 0.0711. The van der Waals surface area contributed by atoms with Gasteiger partial charge in [0.1, 0.15) is 4.83 Å². The molecule has 3 heterocycles. The van der Waals surface area contributed by atoms with Crippen molar-refractivity contribution in [2.24, 2.45) is 0 Å². The van der Waals surface area contributed by atoms with Crippen molar-refractivity contribution < 1.29 is 9.53 Å². The third-order valence-corrected chi connectivity index (χ3v) is 7.85. The number of aromatic nitrogens is 2. The van der Waals surface area contributed by atoms with Crippen molar-refractivity contribution in [1.82, 2.24) is 14.9 Å². The molecular formula is C23H26ClN3O3S2. The fraction of sp³-hybridized carbons (Fsp3) is 0.435. The van der Waals surface area contributed by atoms with Gasteiger partial charge in [0.2, 0.25) is 5.91 Å². The Morgan fingerprint density at radius 2 is 2.16 bits per heavy atom. The van der Waals surface area contributed by atoms with Gasteiger partial charge in [0.15, 0.2) is 5.16 Å². The molecule has 1 atom stereocenters. The summed E-state index contributed by atoms with van der Waals surface area (Å²) in [4.78, 5) is 32.6. The molecule has 170 valence electrons. The average Bonchev–Trinajstić information content (AvgIpc) is 3.41. The molecule has 0 radical (unpaired) electrons. The van der Waals surface area contributed by atoms with Crippen LogP contribution in [0.4, 0.5) is 0 Å². The Bertz CT molecular complexity index is 1170. The maximum Gasteiger partial charge on any atom is 0.263 e. The van der Waals surface area contributed by atoms with Gasteiger partial charge in [-0.15, -0.1) is 11.3 Å². The maximum atomic E-state index is 13.5. The van der Waals surface area contributed by atoms with Gasteiger partial charge in [-0.25, -0.2) is 4.98 Å². The Kier molecular flexibility index (Phi) is 7.55. The van der Waals surface area contributed by atoms with Crippen LogP contribution in [0.15, 0.2) is 34.2 Å². The fourth-order valence-corrected chi connectivity index (χ4v) is 6.02. The second-order valence-corrected chi connectivity index (χ2v) is 10.4. The molecule has 1 amide bonds. The Hall–Kier alpha value is -1.87. The van der Waals surface area contributed by atoms with E-state index in [1.54, 1.807) is 28.0 Å². The lowest BCUT2D eigenvalue weighted by Gasteiger charge is -2.16. The Balaban J connectivity index is 1.54. The maximum absolute atomic E-state index is 13.5. The number of carbonyl (C=O) groups is 1. The number of carbonyl (C=O) groups excluding carboxylic acids is 1. The van der Waals surface area contributed by atoms with Crippen LogP contribution in [0.25, 0.3) is 10.2 Å². The molecule has 1 unspecified atom stereocenters. The number of ether oxygens (including phenoxy) is 1. The molecule has 0 spiro atoms. The van der Waals surface area contributed by atoms with Crippen molar-refractivity contribution in [2.75, 3.05) is 12.4 Å². The van der Waals surface area contributed by atoms with E-state index in [-0.39, 0.29) is 23.3 Å². The number of hydrogen-bond acceptors (Lipinski definition) is 6. The van der Waals surface area contributed by atoms with Crippen LogP contribution in [0.1, 0.15) is 35.8 Å². The van der Waals surface area contributed by atoms with E-state index in [0.717, 1.165) is 46.7 Å². The highest BCUT2D eigenvalue weighted by atomic mass is 35.5. The normalized spacial score (nSPS) is 16.0. The molecule has 6 nitrogen and oxygen atoms in total. The summed E-state index contributed by atoms with van der Waals surface area (Å²) >= 11 is 8.75. The second kappa shape index (κ2) is 10.4. The average molecular weight is 492 g/mol. The minimum absolute atomic E-state index is 0.00911. The van der Waals surface area contributed by atoms with Crippen LogP contribution in [0.3, 0.4) is 0 Å². The third-order valence-electron chi connectivity index (χ3n) is 5.58. The number of hydrogen-bond donors (Lipinski definition) is 1. The van der Waals surface area contributed by atoms with Crippen molar-refractivity contribution in [1.29, 1.82) is 0 Å². The van der Waals surface area contributed by atoms with E-state index in [1.165, 1.54) is 11.8 Å². The molecule has 0 saturated carbocycles. The molecule has 3 aromatic rings. The number of benzene rings is 1. The molecule has 0 bridgehead atoms. The van der Waals surface area contributed by atoms with E-state index >= 15 is 0 Å². The highest BCUT2D eigenvalue weighted by Gasteiger charge is 2.23. The smallest absolute Gasteiger partial charge is 0.263 e. The zero-order valence-electron chi connectivity index (χ0n) is 18.2. The molecule has 1 aromatic carbocycles. The largest absolute Gasteiger partial charge is 0.376 e. The van der Waals surface area contributed by atoms with Gasteiger partial charge in [0.05, 0.1) is 23.8 Å². The Morgan fingerprint density at radius 1 is 1.38 bits per heavy atom. The van der Waals surface area contributed by atoms with E-state index < -0.39 is 0 Å². The quantitative estimate of drug-likeness (QED) is 0.369. The van der Waals surface area contributed by atoms with Gasteiger partial charge in [0, 0.05) is 23.1 Å². The summed E-state index contributed by atoms with van der Waals surface area (Å²) in [5, 5.41) is 4.86. The Morgan fingerprint density at radius 3 is 2.84 bits per heavy atom. The number of amides is 1. The van der Waals surface area contributed by atoms with E-state index in [9.17, 15) is 9.59 Å². The van der Waals surface area contributed by atoms with Crippen LogP contribution in [-0.2, 0) is 29.0 Å². The number of aryl methyl sites for hydroxylation is 2. The van der Waals surface area contributed by atoms with Gasteiger partial charge in [0.25, 0.3) is 5.56 Å². The van der Waals surface area contributed by atoms with E-state index in [4.69, 9.17) is 21.3 Å². The van der Waals surface area contributed by atoms with Crippen LogP contribution < -0.4 is 10.9 Å². The molecule has 1 aliphatic rings. The molecule has 32 heavy (non-hydrogen) atoms. The van der Waals surface area contributed by atoms with E-state index in [0.29, 0.717) is 28.7 Å². The van der Waals surface area contributed by atoms with Crippen LogP contribution in [-0.4, -0.2) is 33.9 Å². The number of nitrogens with zero attached hydrogens (tertiary/aromatic N) is 2. The summed E-state index contributed by atoms with van der Waals surface area (Å²) in [7, 11) is 0.